The first kappa shape index (κ1) is 21.4. The average molecular weight is 451 g/mol. The zero-order valence-electron chi connectivity index (χ0n) is 17.7. The zero-order valence-corrected chi connectivity index (χ0v) is 18.6. The van der Waals surface area contributed by atoms with E-state index < -0.39 is 6.04 Å². The molecule has 1 aromatic heterocycles. The number of thiocarbonyl (C=S) groups is 1. The van der Waals surface area contributed by atoms with Crippen molar-refractivity contribution < 1.29 is 19.2 Å². The molecule has 2 aromatic carbocycles. The van der Waals surface area contributed by atoms with Gasteiger partial charge in [-0.25, -0.2) is 0 Å². The van der Waals surface area contributed by atoms with Crippen LogP contribution in [0.4, 0.5) is 11.5 Å². The molecule has 2 heterocycles. The van der Waals surface area contributed by atoms with Crippen molar-refractivity contribution in [2.75, 3.05) is 17.3 Å². The molecule has 0 saturated carbocycles. The summed E-state index contributed by atoms with van der Waals surface area (Å²) in [6.07, 6.45) is 0. The molecule has 3 aromatic rings. The number of allylic oxidation sites excluding steroid dienone is 1. The fourth-order valence-electron chi connectivity index (χ4n) is 3.67. The van der Waals surface area contributed by atoms with Gasteiger partial charge in [-0.1, -0.05) is 29.4 Å². The van der Waals surface area contributed by atoms with E-state index in [4.69, 9.17) is 21.5 Å². The molecule has 32 heavy (non-hydrogen) atoms. The number of ether oxygens (including phenoxy) is 1. The number of phenolic OH excluding ortho intramolecular Hbond substituents is 1. The van der Waals surface area contributed by atoms with Gasteiger partial charge in [0, 0.05) is 11.8 Å². The van der Waals surface area contributed by atoms with E-state index in [9.17, 15) is 9.90 Å². The molecule has 1 atom stereocenters. The second-order valence-electron chi connectivity index (χ2n) is 7.26. The Morgan fingerprint density at radius 3 is 2.59 bits per heavy atom. The van der Waals surface area contributed by atoms with Crippen molar-refractivity contribution >= 4 is 34.7 Å². The van der Waals surface area contributed by atoms with Gasteiger partial charge in [0.1, 0.15) is 17.3 Å². The second-order valence-corrected chi connectivity index (χ2v) is 7.64. The summed E-state index contributed by atoms with van der Waals surface area (Å²) in [4.78, 5) is 15.2. The first-order valence-corrected chi connectivity index (χ1v) is 10.3. The Balaban J connectivity index is 1.83. The smallest absolute Gasteiger partial charge is 0.257 e. The van der Waals surface area contributed by atoms with Crippen LogP contribution in [-0.2, 0) is 4.79 Å². The lowest BCUT2D eigenvalue weighted by atomic mass is 9.94. The highest BCUT2D eigenvalue weighted by Gasteiger charge is 2.35. The molecule has 4 rings (SSSR count). The molecule has 0 bridgehead atoms. The van der Waals surface area contributed by atoms with Crippen molar-refractivity contribution in [3.05, 3.63) is 77.2 Å². The molecule has 0 spiro atoms. The van der Waals surface area contributed by atoms with E-state index in [0.29, 0.717) is 39.4 Å². The van der Waals surface area contributed by atoms with E-state index in [-0.39, 0.29) is 11.7 Å². The van der Waals surface area contributed by atoms with Crippen LogP contribution in [0.2, 0.25) is 0 Å². The van der Waals surface area contributed by atoms with E-state index in [2.05, 4.69) is 15.8 Å². The third-order valence-corrected chi connectivity index (χ3v) is 5.45. The monoisotopic (exact) mass is 450 g/mol. The number of hydrogen-bond acceptors (Lipinski definition) is 6. The Morgan fingerprint density at radius 1 is 1.22 bits per heavy atom. The number of methoxy groups -OCH3 is 1. The van der Waals surface area contributed by atoms with Gasteiger partial charge in [0.25, 0.3) is 5.91 Å². The fraction of sp³-hybridized carbons (Fsp3) is 0.174. The summed E-state index contributed by atoms with van der Waals surface area (Å²) in [7, 11) is 1.58. The number of nitrogens with zero attached hydrogens (tertiary/aromatic N) is 2. The van der Waals surface area contributed by atoms with Gasteiger partial charge in [-0.3, -0.25) is 9.69 Å². The summed E-state index contributed by atoms with van der Waals surface area (Å²) in [5.74, 6) is 1.29. The van der Waals surface area contributed by atoms with E-state index in [1.807, 2.05) is 31.2 Å². The number of amides is 1. The van der Waals surface area contributed by atoms with Crippen molar-refractivity contribution in [2.45, 2.75) is 19.9 Å². The van der Waals surface area contributed by atoms with Gasteiger partial charge in [0.2, 0.25) is 0 Å². The number of aromatic hydroxyl groups is 1. The maximum absolute atomic E-state index is 13.4. The molecule has 0 saturated heterocycles. The molecule has 1 aliphatic rings. The summed E-state index contributed by atoms with van der Waals surface area (Å²) in [5.41, 5.74) is 2.55. The van der Waals surface area contributed by atoms with Gasteiger partial charge in [0.05, 0.1) is 24.4 Å². The van der Waals surface area contributed by atoms with Gasteiger partial charge in [-0.05, 0) is 55.9 Å². The topological polar surface area (TPSA) is 99.9 Å². The van der Waals surface area contributed by atoms with Crippen molar-refractivity contribution in [1.29, 1.82) is 0 Å². The summed E-state index contributed by atoms with van der Waals surface area (Å²) < 4.78 is 10.6. The molecule has 1 amide bonds. The first-order chi connectivity index (χ1) is 15.4. The minimum Gasteiger partial charge on any atom is -0.508 e. The van der Waals surface area contributed by atoms with Crippen LogP contribution in [-0.4, -0.2) is 28.4 Å². The van der Waals surface area contributed by atoms with E-state index in [1.54, 1.807) is 49.3 Å². The van der Waals surface area contributed by atoms with Crippen LogP contribution in [0.3, 0.4) is 0 Å². The number of anilines is 2. The fourth-order valence-corrected chi connectivity index (χ4v) is 4.02. The molecule has 1 aliphatic heterocycles. The Bertz CT molecular complexity index is 1200. The highest BCUT2D eigenvalue weighted by molar-refractivity contribution is 7.80. The van der Waals surface area contributed by atoms with Crippen LogP contribution < -0.4 is 20.3 Å². The molecule has 0 fully saturated rings. The van der Waals surface area contributed by atoms with Gasteiger partial charge >= 0.3 is 0 Å². The van der Waals surface area contributed by atoms with Crippen LogP contribution >= 0.6 is 12.2 Å². The highest BCUT2D eigenvalue weighted by Crippen LogP contribution is 2.38. The quantitative estimate of drug-likeness (QED) is 0.501. The maximum Gasteiger partial charge on any atom is 0.257 e. The van der Waals surface area contributed by atoms with Crippen molar-refractivity contribution in [2.24, 2.45) is 0 Å². The molecule has 8 nitrogen and oxygen atoms in total. The Morgan fingerprint density at radius 2 is 1.94 bits per heavy atom. The molecular weight excluding hydrogens is 428 g/mol. The first-order valence-electron chi connectivity index (χ1n) is 9.87. The largest absolute Gasteiger partial charge is 0.508 e. The summed E-state index contributed by atoms with van der Waals surface area (Å²) in [6, 6.07) is 15.2. The lowest BCUT2D eigenvalue weighted by molar-refractivity contribution is -0.113. The SMILES string of the molecule is COc1ccccc1N1C(=S)NC(c2ccc(O)cc2)C(C(=O)Nc2cc(C)on2)=C1C. The summed E-state index contributed by atoms with van der Waals surface area (Å²) >= 11 is 5.69. The predicted molar refractivity (Wildman–Crippen MR) is 125 cm³/mol. The van der Waals surface area contributed by atoms with Crippen LogP contribution in [0.1, 0.15) is 24.3 Å². The summed E-state index contributed by atoms with van der Waals surface area (Å²) in [5, 5.41) is 20.0. The molecule has 164 valence electrons. The lowest BCUT2D eigenvalue weighted by Crippen LogP contribution is -2.48. The number of para-hydroxylation sites is 2. The molecule has 9 heteroatoms. The summed E-state index contributed by atoms with van der Waals surface area (Å²) in [6.45, 7) is 3.58. The minimum atomic E-state index is -0.540. The van der Waals surface area contributed by atoms with Crippen LogP contribution in [0, 0.1) is 6.92 Å². The number of aryl methyl sites for hydroxylation is 1. The number of carbonyl (C=O) groups excluding carboxylic acids is 1. The van der Waals surface area contributed by atoms with Gasteiger partial charge in [-0.2, -0.15) is 0 Å². The highest BCUT2D eigenvalue weighted by atomic mass is 32.1. The second kappa shape index (κ2) is 8.72. The van der Waals surface area contributed by atoms with Gasteiger partial charge in [0.15, 0.2) is 10.9 Å². The number of aromatic nitrogens is 1. The van der Waals surface area contributed by atoms with Crippen molar-refractivity contribution in [1.82, 2.24) is 10.5 Å². The average Bonchev–Trinajstić information content (AvgIpc) is 3.18. The van der Waals surface area contributed by atoms with Crippen LogP contribution in [0.5, 0.6) is 11.5 Å². The van der Waals surface area contributed by atoms with Crippen molar-refractivity contribution in [3.63, 3.8) is 0 Å². The lowest BCUT2D eigenvalue weighted by Gasteiger charge is -2.38. The Labute approximate surface area is 190 Å². The Hall–Kier alpha value is -3.85. The number of carbonyl (C=O) groups is 1. The third kappa shape index (κ3) is 4.02. The zero-order chi connectivity index (χ0) is 22.8. The number of hydrogen-bond donors (Lipinski definition) is 3. The molecule has 0 aliphatic carbocycles. The predicted octanol–water partition coefficient (Wildman–Crippen LogP) is 4.05. The maximum atomic E-state index is 13.4. The van der Waals surface area contributed by atoms with E-state index in [1.165, 1.54) is 0 Å². The number of nitrogens with one attached hydrogen (secondary N) is 2. The van der Waals surface area contributed by atoms with Crippen LogP contribution in [0.25, 0.3) is 0 Å². The third-order valence-electron chi connectivity index (χ3n) is 5.15. The number of benzene rings is 2. The van der Waals surface area contributed by atoms with Crippen molar-refractivity contribution in [3.8, 4) is 11.5 Å². The standard InChI is InChI=1S/C23H22N4O4S/c1-13-12-19(26-31-13)24-22(29)20-14(2)27(17-6-4-5-7-18(17)30-3)23(32)25-21(20)15-8-10-16(28)11-9-15/h4-12,21,28H,1-3H3,(H,25,32)(H,24,26,29). The normalized spacial score (nSPS) is 16.0. The molecule has 3 N–H and O–H groups in total. The Kier molecular flexibility index (Phi) is 5.83. The van der Waals surface area contributed by atoms with Gasteiger partial charge < -0.3 is 25.0 Å². The van der Waals surface area contributed by atoms with Gasteiger partial charge in [-0.15, -0.1) is 0 Å². The number of phenols is 1. The molecule has 0 radical (unpaired) electrons. The molecule has 1 unspecified atom stereocenters. The van der Waals surface area contributed by atoms with E-state index in [0.717, 1.165) is 5.56 Å². The minimum absolute atomic E-state index is 0.132. The molecular formula is C23H22N4O4S. The number of rotatable bonds is 5. The van der Waals surface area contributed by atoms with Crippen LogP contribution in [0.15, 0.2) is 70.4 Å². The van der Waals surface area contributed by atoms with E-state index >= 15 is 0 Å².